The van der Waals surface area contributed by atoms with Gasteiger partial charge in [-0.2, -0.15) is 13.2 Å². The van der Waals surface area contributed by atoms with Gasteiger partial charge < -0.3 is 0 Å². The third-order valence-electron chi connectivity index (χ3n) is 4.98. The Balaban J connectivity index is 1.63. The molecule has 0 saturated carbocycles. The molecule has 0 amide bonds. The van der Waals surface area contributed by atoms with Crippen LogP contribution in [0.3, 0.4) is 0 Å². The van der Waals surface area contributed by atoms with Crippen LogP contribution >= 0.6 is 11.8 Å². The fourth-order valence-electron chi connectivity index (χ4n) is 3.22. The Hall–Kier alpha value is -3.64. The molecule has 0 heterocycles. The molecule has 0 saturated heterocycles. The van der Waals surface area contributed by atoms with Crippen molar-refractivity contribution in [3.05, 3.63) is 132 Å². The van der Waals surface area contributed by atoms with Crippen LogP contribution in [0.1, 0.15) is 11.1 Å². The number of hydrogen-bond donors (Lipinski definition) is 0. The highest BCUT2D eigenvalue weighted by Crippen LogP contribution is 2.30. The maximum absolute atomic E-state index is 13.1. The van der Waals surface area contributed by atoms with E-state index in [-0.39, 0.29) is 5.82 Å². The maximum Gasteiger partial charge on any atom is 0.416 e. The highest BCUT2D eigenvalue weighted by Gasteiger charge is 2.30. The standard InChI is InChI=1S/C28H19F4NS/c29-24-12-16-26(17-13-24)34-19-18-27(22-6-10-23(11-7-22)28(30,31)32)33-25-14-8-21(9-15-25)20-4-2-1-3-5-20/h1-19H. The SMILES string of the molecule is Fc1ccc(SC=CC(=Nc2ccc(-c3ccccc3)cc2)c2ccc(C(F)(F)F)cc2)cc1. The van der Waals surface area contributed by atoms with Crippen LogP contribution in [-0.4, -0.2) is 5.71 Å². The summed E-state index contributed by atoms with van der Waals surface area (Å²) in [5.74, 6) is -0.320. The molecule has 4 rings (SSSR count). The summed E-state index contributed by atoms with van der Waals surface area (Å²) < 4.78 is 52.1. The number of aliphatic imine (C=N–C) groups is 1. The molecule has 0 aliphatic carbocycles. The van der Waals surface area contributed by atoms with Crippen LogP contribution in [0, 0.1) is 5.82 Å². The van der Waals surface area contributed by atoms with Crippen molar-refractivity contribution in [2.75, 3.05) is 0 Å². The van der Waals surface area contributed by atoms with Gasteiger partial charge in [0.1, 0.15) is 5.82 Å². The molecular formula is C28H19F4NS. The molecule has 6 heteroatoms. The number of thioether (sulfide) groups is 1. The third kappa shape index (κ3) is 6.23. The number of benzene rings is 4. The molecule has 0 aliphatic heterocycles. The third-order valence-corrected chi connectivity index (χ3v) is 5.79. The van der Waals surface area contributed by atoms with E-state index in [1.54, 1.807) is 23.6 Å². The van der Waals surface area contributed by atoms with Crippen molar-refractivity contribution in [3.63, 3.8) is 0 Å². The Labute approximate surface area is 199 Å². The molecule has 34 heavy (non-hydrogen) atoms. The normalized spacial score (nSPS) is 12.3. The monoisotopic (exact) mass is 477 g/mol. The minimum atomic E-state index is -4.41. The molecule has 0 aromatic heterocycles. The van der Waals surface area contributed by atoms with Gasteiger partial charge in [-0.3, -0.25) is 0 Å². The van der Waals surface area contributed by atoms with Gasteiger partial charge in [-0.15, -0.1) is 0 Å². The molecule has 0 aliphatic rings. The molecule has 170 valence electrons. The summed E-state index contributed by atoms with van der Waals surface area (Å²) in [6.07, 6.45) is -2.67. The fourth-order valence-corrected chi connectivity index (χ4v) is 3.86. The second-order valence-electron chi connectivity index (χ2n) is 7.36. The van der Waals surface area contributed by atoms with Gasteiger partial charge in [-0.25, -0.2) is 9.38 Å². The second-order valence-corrected chi connectivity index (χ2v) is 8.34. The van der Waals surface area contributed by atoms with E-state index in [0.29, 0.717) is 17.0 Å². The molecule has 4 aromatic carbocycles. The van der Waals surface area contributed by atoms with E-state index in [1.165, 1.54) is 36.0 Å². The Kier molecular flexibility index (Phi) is 7.28. The van der Waals surface area contributed by atoms with Gasteiger partial charge in [0.05, 0.1) is 17.0 Å². The van der Waals surface area contributed by atoms with Crippen LogP contribution in [0.15, 0.2) is 125 Å². The summed E-state index contributed by atoms with van der Waals surface area (Å²) in [6.45, 7) is 0. The Morgan fingerprint density at radius 1 is 0.706 bits per heavy atom. The van der Waals surface area contributed by atoms with Crippen molar-refractivity contribution in [2.24, 2.45) is 4.99 Å². The van der Waals surface area contributed by atoms with Crippen LogP contribution in [0.4, 0.5) is 23.2 Å². The molecule has 4 aromatic rings. The summed E-state index contributed by atoms with van der Waals surface area (Å²) in [7, 11) is 0. The van der Waals surface area contributed by atoms with Crippen molar-refractivity contribution in [3.8, 4) is 11.1 Å². The zero-order valence-corrected chi connectivity index (χ0v) is 18.7. The van der Waals surface area contributed by atoms with Gasteiger partial charge in [0.2, 0.25) is 0 Å². The lowest BCUT2D eigenvalue weighted by Gasteiger charge is -2.08. The van der Waals surface area contributed by atoms with Crippen molar-refractivity contribution in [1.82, 2.24) is 0 Å². The summed E-state index contributed by atoms with van der Waals surface area (Å²) in [5, 5.41) is 1.78. The average Bonchev–Trinajstić information content (AvgIpc) is 2.85. The first-order chi connectivity index (χ1) is 16.4. The van der Waals surface area contributed by atoms with E-state index >= 15 is 0 Å². The fraction of sp³-hybridized carbons (Fsp3) is 0.0357. The van der Waals surface area contributed by atoms with Crippen molar-refractivity contribution < 1.29 is 17.6 Å². The van der Waals surface area contributed by atoms with Crippen molar-refractivity contribution in [1.29, 1.82) is 0 Å². The molecule has 0 atom stereocenters. The highest BCUT2D eigenvalue weighted by molar-refractivity contribution is 8.02. The topological polar surface area (TPSA) is 12.4 Å². The molecule has 0 radical (unpaired) electrons. The van der Waals surface area contributed by atoms with E-state index in [2.05, 4.69) is 4.99 Å². The van der Waals surface area contributed by atoms with Crippen LogP contribution in [0.2, 0.25) is 0 Å². The van der Waals surface area contributed by atoms with Crippen LogP contribution < -0.4 is 0 Å². The maximum atomic E-state index is 13.1. The van der Waals surface area contributed by atoms with Gasteiger partial charge in [-0.05, 0) is 71.1 Å². The summed E-state index contributed by atoms with van der Waals surface area (Å²) in [5.41, 5.74) is 3.14. The van der Waals surface area contributed by atoms with E-state index in [9.17, 15) is 17.6 Å². The van der Waals surface area contributed by atoms with Crippen LogP contribution in [0.25, 0.3) is 11.1 Å². The van der Waals surface area contributed by atoms with E-state index in [4.69, 9.17) is 0 Å². The number of halogens is 4. The van der Waals surface area contributed by atoms with E-state index in [1.807, 2.05) is 54.6 Å². The number of alkyl halides is 3. The first-order valence-electron chi connectivity index (χ1n) is 10.4. The second kappa shape index (κ2) is 10.5. The van der Waals surface area contributed by atoms with Gasteiger partial charge in [-0.1, -0.05) is 66.4 Å². The summed E-state index contributed by atoms with van der Waals surface area (Å²) >= 11 is 1.36. The zero-order valence-electron chi connectivity index (χ0n) is 17.8. The summed E-state index contributed by atoms with van der Waals surface area (Å²) in [4.78, 5) is 5.51. The average molecular weight is 478 g/mol. The lowest BCUT2D eigenvalue weighted by molar-refractivity contribution is -0.137. The molecule has 1 nitrogen and oxygen atoms in total. The minimum Gasteiger partial charge on any atom is -0.248 e. The predicted octanol–water partition coefficient (Wildman–Crippen LogP) is 8.94. The lowest BCUT2D eigenvalue weighted by atomic mass is 10.1. The van der Waals surface area contributed by atoms with Crippen molar-refractivity contribution >= 4 is 23.2 Å². The molecule has 0 N–H and O–H groups in total. The smallest absolute Gasteiger partial charge is 0.248 e. The largest absolute Gasteiger partial charge is 0.416 e. The first-order valence-corrected chi connectivity index (χ1v) is 11.3. The quantitative estimate of drug-likeness (QED) is 0.153. The minimum absolute atomic E-state index is 0.320. The zero-order chi connectivity index (χ0) is 24.0. The molecule has 0 spiro atoms. The van der Waals surface area contributed by atoms with Gasteiger partial charge in [0.15, 0.2) is 0 Å². The van der Waals surface area contributed by atoms with Gasteiger partial charge in [0, 0.05) is 10.5 Å². The Bertz CT molecular complexity index is 1280. The Morgan fingerprint density at radius 3 is 1.94 bits per heavy atom. The molecular weight excluding hydrogens is 458 g/mol. The van der Waals surface area contributed by atoms with Crippen LogP contribution in [0.5, 0.6) is 0 Å². The Morgan fingerprint density at radius 2 is 1.32 bits per heavy atom. The highest BCUT2D eigenvalue weighted by atomic mass is 32.2. The predicted molar refractivity (Wildman–Crippen MR) is 131 cm³/mol. The van der Waals surface area contributed by atoms with Crippen LogP contribution in [-0.2, 0) is 6.18 Å². The van der Waals surface area contributed by atoms with Crippen molar-refractivity contribution in [2.45, 2.75) is 11.1 Å². The number of nitrogens with zero attached hydrogens (tertiary/aromatic N) is 1. The number of rotatable bonds is 6. The molecule has 0 bridgehead atoms. The van der Waals surface area contributed by atoms with Gasteiger partial charge >= 0.3 is 6.18 Å². The first kappa shape index (κ1) is 23.5. The lowest BCUT2D eigenvalue weighted by Crippen LogP contribution is -2.05. The molecule has 0 fully saturated rings. The molecule has 0 unspecified atom stereocenters. The number of allylic oxidation sites excluding steroid dienone is 1. The number of hydrogen-bond acceptors (Lipinski definition) is 2. The van der Waals surface area contributed by atoms with E-state index < -0.39 is 11.7 Å². The van der Waals surface area contributed by atoms with E-state index in [0.717, 1.165) is 28.2 Å². The van der Waals surface area contributed by atoms with Gasteiger partial charge in [0.25, 0.3) is 0 Å². The summed E-state index contributed by atoms with van der Waals surface area (Å²) in [6, 6.07) is 28.5.